The fourth-order valence-electron chi connectivity index (χ4n) is 2.30. The third-order valence-corrected chi connectivity index (χ3v) is 4.62. The van der Waals surface area contributed by atoms with Crippen LogP contribution in [-0.4, -0.2) is 29.8 Å². The molecule has 3 aromatic heterocycles. The minimum atomic E-state index is -1.12. The van der Waals surface area contributed by atoms with E-state index in [4.69, 9.17) is 0 Å². The van der Waals surface area contributed by atoms with Crippen LogP contribution in [0.3, 0.4) is 0 Å². The van der Waals surface area contributed by atoms with Crippen LogP contribution >= 0.6 is 0 Å². The molecule has 1 unspecified atom stereocenters. The van der Waals surface area contributed by atoms with Crippen LogP contribution in [0.25, 0.3) is 22.6 Å². The number of imidazole rings is 1. The molecule has 0 fully saturated rings. The minimum absolute atomic E-state index is 0.533. The molecule has 5 nitrogen and oxygen atoms in total. The van der Waals surface area contributed by atoms with E-state index in [9.17, 15) is 4.55 Å². The van der Waals surface area contributed by atoms with Gasteiger partial charge in [0.15, 0.2) is 5.65 Å². The molecule has 0 amide bonds. The number of fused-ring (bicyclic) bond motifs is 1. The molecule has 0 aliphatic rings. The highest BCUT2D eigenvalue weighted by Gasteiger charge is 2.21. The Morgan fingerprint density at radius 3 is 2.90 bits per heavy atom. The molecule has 0 aliphatic heterocycles. The Balaban J connectivity index is 2.24. The van der Waals surface area contributed by atoms with Crippen molar-refractivity contribution in [3.8, 4) is 11.4 Å². The third-order valence-electron chi connectivity index (χ3n) is 3.34. The number of pyridine rings is 2. The highest BCUT2D eigenvalue weighted by molar-refractivity contribution is 7.91. The van der Waals surface area contributed by atoms with Crippen molar-refractivity contribution in [1.82, 2.24) is 19.5 Å². The molecule has 0 saturated heterocycles. The molecule has 3 rings (SSSR count). The number of rotatable bonds is 3. The SMILES string of the molecule is CC[S+]([O-])c1ncccc1-c1nc2cc(C)cnc2n1C. The molecule has 0 radical (unpaired) electrons. The number of nitrogens with zero attached hydrogens (tertiary/aromatic N) is 4. The van der Waals surface area contributed by atoms with E-state index in [0.29, 0.717) is 10.8 Å². The lowest BCUT2D eigenvalue weighted by atomic mass is 10.3. The van der Waals surface area contributed by atoms with Crippen molar-refractivity contribution in [3.05, 3.63) is 36.2 Å². The Labute approximate surface area is 126 Å². The maximum Gasteiger partial charge on any atom is 0.255 e. The minimum Gasteiger partial charge on any atom is -0.610 e. The molecule has 21 heavy (non-hydrogen) atoms. The van der Waals surface area contributed by atoms with Crippen LogP contribution in [0.4, 0.5) is 0 Å². The fraction of sp³-hybridized carbons (Fsp3) is 0.267. The van der Waals surface area contributed by atoms with Gasteiger partial charge in [0, 0.05) is 30.6 Å². The van der Waals surface area contributed by atoms with Crippen LogP contribution in [-0.2, 0) is 18.2 Å². The number of aromatic nitrogens is 4. The van der Waals surface area contributed by atoms with Gasteiger partial charge in [-0.3, -0.25) is 0 Å². The smallest absolute Gasteiger partial charge is 0.255 e. The molecule has 0 aliphatic carbocycles. The van der Waals surface area contributed by atoms with Gasteiger partial charge in [0.05, 0.1) is 5.56 Å². The zero-order valence-electron chi connectivity index (χ0n) is 12.2. The lowest BCUT2D eigenvalue weighted by Crippen LogP contribution is -2.09. The maximum absolute atomic E-state index is 12.2. The van der Waals surface area contributed by atoms with Crippen molar-refractivity contribution in [2.45, 2.75) is 18.9 Å². The number of aryl methyl sites for hydroxylation is 2. The first kappa shape index (κ1) is 14.0. The molecular weight excluding hydrogens is 284 g/mol. The first-order chi connectivity index (χ1) is 10.1. The van der Waals surface area contributed by atoms with Gasteiger partial charge in [0.25, 0.3) is 5.03 Å². The number of hydrogen-bond donors (Lipinski definition) is 0. The summed E-state index contributed by atoms with van der Waals surface area (Å²) in [6, 6.07) is 5.74. The van der Waals surface area contributed by atoms with Gasteiger partial charge in [-0.25, -0.2) is 15.0 Å². The van der Waals surface area contributed by atoms with Crippen LogP contribution in [0.2, 0.25) is 0 Å². The first-order valence-electron chi connectivity index (χ1n) is 6.74. The molecule has 3 aromatic rings. The second kappa shape index (κ2) is 5.46. The van der Waals surface area contributed by atoms with E-state index in [1.807, 2.05) is 49.9 Å². The van der Waals surface area contributed by atoms with Crippen molar-refractivity contribution in [2.75, 3.05) is 5.75 Å². The molecule has 108 valence electrons. The van der Waals surface area contributed by atoms with Gasteiger partial charge in [-0.15, -0.1) is 0 Å². The van der Waals surface area contributed by atoms with Crippen LogP contribution in [0, 0.1) is 6.92 Å². The van der Waals surface area contributed by atoms with E-state index in [1.54, 1.807) is 6.20 Å². The van der Waals surface area contributed by atoms with E-state index in [-0.39, 0.29) is 0 Å². The maximum atomic E-state index is 12.2. The van der Waals surface area contributed by atoms with Gasteiger partial charge < -0.3 is 9.12 Å². The Hall–Kier alpha value is -1.92. The van der Waals surface area contributed by atoms with Crippen LogP contribution in [0.1, 0.15) is 12.5 Å². The van der Waals surface area contributed by atoms with Crippen LogP contribution in [0.5, 0.6) is 0 Å². The summed E-state index contributed by atoms with van der Waals surface area (Å²) >= 11 is -1.12. The van der Waals surface area contributed by atoms with Gasteiger partial charge in [-0.1, -0.05) is 0 Å². The van der Waals surface area contributed by atoms with Crippen LogP contribution < -0.4 is 0 Å². The summed E-state index contributed by atoms with van der Waals surface area (Å²) in [6.45, 7) is 3.87. The molecule has 0 bridgehead atoms. The van der Waals surface area contributed by atoms with Gasteiger partial charge in [-0.2, -0.15) is 0 Å². The zero-order chi connectivity index (χ0) is 15.0. The molecule has 0 spiro atoms. The molecule has 0 aromatic carbocycles. The summed E-state index contributed by atoms with van der Waals surface area (Å²) < 4.78 is 14.1. The number of hydrogen-bond acceptors (Lipinski definition) is 4. The van der Waals surface area contributed by atoms with E-state index >= 15 is 0 Å². The third kappa shape index (κ3) is 2.41. The van der Waals surface area contributed by atoms with Crippen molar-refractivity contribution < 1.29 is 4.55 Å². The van der Waals surface area contributed by atoms with Gasteiger partial charge in [-0.05, 0) is 37.6 Å². The quantitative estimate of drug-likeness (QED) is 0.697. The normalized spacial score (nSPS) is 12.8. The summed E-state index contributed by atoms with van der Waals surface area (Å²) in [4.78, 5) is 13.4. The standard InChI is InChI=1S/C15H16N4OS/c1-4-21(20)15-11(6-5-7-16-15)13-18-12-8-10(2)9-17-14(12)19(13)3/h5-9H,4H2,1-3H3. The fourth-order valence-corrected chi connectivity index (χ4v) is 3.15. The summed E-state index contributed by atoms with van der Waals surface area (Å²) in [5.74, 6) is 1.28. The largest absolute Gasteiger partial charge is 0.610 e. The van der Waals surface area contributed by atoms with E-state index < -0.39 is 11.2 Å². The molecular formula is C15H16N4OS. The summed E-state index contributed by atoms with van der Waals surface area (Å²) in [5.41, 5.74) is 3.52. The summed E-state index contributed by atoms with van der Waals surface area (Å²) in [6.07, 6.45) is 3.49. The second-order valence-electron chi connectivity index (χ2n) is 4.84. The molecule has 1 atom stereocenters. The first-order valence-corrected chi connectivity index (χ1v) is 8.06. The van der Waals surface area contributed by atoms with E-state index in [1.165, 1.54) is 0 Å². The second-order valence-corrected chi connectivity index (χ2v) is 6.50. The lowest BCUT2D eigenvalue weighted by Gasteiger charge is -2.10. The predicted molar refractivity (Wildman–Crippen MR) is 83.4 cm³/mol. The predicted octanol–water partition coefficient (Wildman–Crippen LogP) is 2.47. The van der Waals surface area contributed by atoms with Gasteiger partial charge in [0.2, 0.25) is 0 Å². The van der Waals surface area contributed by atoms with E-state index in [2.05, 4.69) is 15.0 Å². The molecule has 0 saturated carbocycles. The lowest BCUT2D eigenvalue weighted by molar-refractivity contribution is 0.593. The zero-order valence-corrected chi connectivity index (χ0v) is 13.0. The average Bonchev–Trinajstić information content (AvgIpc) is 2.82. The van der Waals surface area contributed by atoms with Gasteiger partial charge >= 0.3 is 0 Å². The monoisotopic (exact) mass is 300 g/mol. The van der Waals surface area contributed by atoms with Crippen molar-refractivity contribution in [1.29, 1.82) is 0 Å². The molecule has 3 heterocycles. The Bertz CT molecular complexity index is 799. The van der Waals surface area contributed by atoms with E-state index in [0.717, 1.165) is 28.1 Å². The Kier molecular flexibility index (Phi) is 3.65. The summed E-state index contributed by atoms with van der Waals surface area (Å²) in [7, 11) is 1.92. The highest BCUT2D eigenvalue weighted by atomic mass is 32.2. The van der Waals surface area contributed by atoms with Crippen molar-refractivity contribution in [3.63, 3.8) is 0 Å². The van der Waals surface area contributed by atoms with Crippen molar-refractivity contribution in [2.24, 2.45) is 7.05 Å². The summed E-state index contributed by atoms with van der Waals surface area (Å²) in [5, 5.41) is 0.579. The van der Waals surface area contributed by atoms with Crippen LogP contribution in [0.15, 0.2) is 35.6 Å². The van der Waals surface area contributed by atoms with Gasteiger partial charge in [0.1, 0.15) is 17.1 Å². The average molecular weight is 300 g/mol. The molecule has 0 N–H and O–H groups in total. The highest BCUT2D eigenvalue weighted by Crippen LogP contribution is 2.27. The van der Waals surface area contributed by atoms with Crippen molar-refractivity contribution >= 4 is 22.3 Å². The molecule has 6 heteroatoms. The Morgan fingerprint density at radius 1 is 1.33 bits per heavy atom. The Morgan fingerprint density at radius 2 is 2.14 bits per heavy atom. The topological polar surface area (TPSA) is 66.7 Å².